The van der Waals surface area contributed by atoms with Crippen LogP contribution in [0.1, 0.15) is 52.9 Å². The standard InChI is InChI=1S/C21H41N5O2.HI/c1-4-18(5-2)19(25-13-15-28-16-14-25)17-24-21(22-6-3)23-10-8-12-26-11-7-9-20(26)27;/h18-19H,4-17H2,1-3H3,(H2,22,23,24);1H. The molecule has 2 aliphatic rings. The molecule has 0 saturated carbocycles. The zero-order valence-electron chi connectivity index (χ0n) is 18.6. The molecular formula is C21H42IN5O2. The smallest absolute Gasteiger partial charge is 0.222 e. The first-order valence-corrected chi connectivity index (χ1v) is 11.3. The number of carbonyl (C=O) groups excluding carboxylic acids is 1. The molecule has 29 heavy (non-hydrogen) atoms. The van der Waals surface area contributed by atoms with E-state index in [0.717, 1.165) is 84.2 Å². The van der Waals surface area contributed by atoms with E-state index < -0.39 is 0 Å². The maximum absolute atomic E-state index is 11.7. The van der Waals surface area contributed by atoms with Crippen molar-refractivity contribution in [3.8, 4) is 0 Å². The van der Waals surface area contributed by atoms with Gasteiger partial charge < -0.3 is 20.3 Å². The Morgan fingerprint density at radius 3 is 2.45 bits per heavy atom. The first kappa shape index (κ1) is 26.4. The van der Waals surface area contributed by atoms with Crippen molar-refractivity contribution in [3.63, 3.8) is 0 Å². The third-order valence-electron chi connectivity index (χ3n) is 5.96. The predicted octanol–water partition coefficient (Wildman–Crippen LogP) is 2.31. The average molecular weight is 524 g/mol. The maximum Gasteiger partial charge on any atom is 0.222 e. The lowest BCUT2D eigenvalue weighted by Gasteiger charge is -2.38. The summed E-state index contributed by atoms with van der Waals surface area (Å²) in [7, 11) is 0. The van der Waals surface area contributed by atoms with Crippen LogP contribution in [0.5, 0.6) is 0 Å². The van der Waals surface area contributed by atoms with Crippen LogP contribution in [0, 0.1) is 5.92 Å². The van der Waals surface area contributed by atoms with E-state index in [2.05, 4.69) is 36.3 Å². The largest absolute Gasteiger partial charge is 0.379 e. The summed E-state index contributed by atoms with van der Waals surface area (Å²) in [4.78, 5) is 21.2. The van der Waals surface area contributed by atoms with Crippen LogP contribution in [-0.2, 0) is 9.53 Å². The van der Waals surface area contributed by atoms with Gasteiger partial charge in [0.25, 0.3) is 0 Å². The van der Waals surface area contributed by atoms with Crippen LogP contribution >= 0.6 is 24.0 Å². The molecule has 170 valence electrons. The third-order valence-corrected chi connectivity index (χ3v) is 5.96. The fourth-order valence-corrected chi connectivity index (χ4v) is 4.25. The highest BCUT2D eigenvalue weighted by molar-refractivity contribution is 14.0. The molecule has 8 heteroatoms. The highest BCUT2D eigenvalue weighted by Crippen LogP contribution is 2.20. The summed E-state index contributed by atoms with van der Waals surface area (Å²) < 4.78 is 5.55. The molecule has 0 aromatic rings. The molecule has 1 atom stereocenters. The number of halogens is 1. The zero-order valence-corrected chi connectivity index (χ0v) is 21.0. The molecule has 2 rings (SSSR count). The second-order valence-electron chi connectivity index (χ2n) is 7.78. The summed E-state index contributed by atoms with van der Waals surface area (Å²) in [5.41, 5.74) is 0. The van der Waals surface area contributed by atoms with Crippen molar-refractivity contribution >= 4 is 35.8 Å². The van der Waals surface area contributed by atoms with Crippen LogP contribution in [0.4, 0.5) is 0 Å². The van der Waals surface area contributed by atoms with Crippen molar-refractivity contribution < 1.29 is 9.53 Å². The summed E-state index contributed by atoms with van der Waals surface area (Å²) in [6.07, 6.45) is 5.05. The van der Waals surface area contributed by atoms with Gasteiger partial charge in [-0.25, -0.2) is 0 Å². The first-order valence-electron chi connectivity index (χ1n) is 11.3. The Balaban J connectivity index is 0.00000420. The number of rotatable bonds is 11. The van der Waals surface area contributed by atoms with Crippen molar-refractivity contribution in [2.75, 3.05) is 59.0 Å². The van der Waals surface area contributed by atoms with Gasteiger partial charge in [-0.15, -0.1) is 24.0 Å². The Labute approximate surface area is 194 Å². The van der Waals surface area contributed by atoms with Crippen LogP contribution in [0.3, 0.4) is 0 Å². The van der Waals surface area contributed by atoms with Gasteiger partial charge in [0.05, 0.1) is 19.8 Å². The molecule has 0 aromatic heterocycles. The Bertz CT molecular complexity index is 482. The van der Waals surface area contributed by atoms with Crippen molar-refractivity contribution in [1.82, 2.24) is 20.4 Å². The van der Waals surface area contributed by atoms with E-state index in [4.69, 9.17) is 9.73 Å². The van der Waals surface area contributed by atoms with Gasteiger partial charge >= 0.3 is 0 Å². The fourth-order valence-electron chi connectivity index (χ4n) is 4.25. The molecule has 1 unspecified atom stereocenters. The van der Waals surface area contributed by atoms with Gasteiger partial charge in [0.1, 0.15) is 0 Å². The number of hydrogen-bond acceptors (Lipinski definition) is 4. The van der Waals surface area contributed by atoms with Gasteiger partial charge in [-0.3, -0.25) is 14.7 Å². The second kappa shape index (κ2) is 15.2. The van der Waals surface area contributed by atoms with Crippen molar-refractivity contribution in [3.05, 3.63) is 0 Å². The molecule has 7 nitrogen and oxygen atoms in total. The van der Waals surface area contributed by atoms with Gasteiger partial charge in [0.15, 0.2) is 5.96 Å². The Hall–Kier alpha value is -0.610. The monoisotopic (exact) mass is 523 g/mol. The topological polar surface area (TPSA) is 69.2 Å². The van der Waals surface area contributed by atoms with E-state index in [1.807, 2.05) is 4.90 Å². The fraction of sp³-hybridized carbons (Fsp3) is 0.905. The molecule has 2 N–H and O–H groups in total. The predicted molar refractivity (Wildman–Crippen MR) is 130 cm³/mol. The van der Waals surface area contributed by atoms with E-state index in [1.54, 1.807) is 0 Å². The second-order valence-corrected chi connectivity index (χ2v) is 7.78. The van der Waals surface area contributed by atoms with Gasteiger partial charge in [-0.05, 0) is 25.7 Å². The van der Waals surface area contributed by atoms with Crippen LogP contribution < -0.4 is 10.6 Å². The summed E-state index contributed by atoms with van der Waals surface area (Å²) in [5.74, 6) is 1.85. The zero-order chi connectivity index (χ0) is 20.2. The first-order chi connectivity index (χ1) is 13.7. The molecule has 0 radical (unpaired) electrons. The Morgan fingerprint density at radius 2 is 1.86 bits per heavy atom. The minimum atomic E-state index is 0. The lowest BCUT2D eigenvalue weighted by Crippen LogP contribution is -2.49. The number of nitrogens with zero attached hydrogens (tertiary/aromatic N) is 3. The average Bonchev–Trinajstić information content (AvgIpc) is 3.13. The maximum atomic E-state index is 11.7. The number of amides is 1. The van der Waals surface area contributed by atoms with Crippen LogP contribution in [0.25, 0.3) is 0 Å². The highest BCUT2D eigenvalue weighted by Gasteiger charge is 2.26. The van der Waals surface area contributed by atoms with Crippen LogP contribution in [0.15, 0.2) is 4.99 Å². The molecule has 0 bridgehead atoms. The summed E-state index contributed by atoms with van der Waals surface area (Å²) in [6.45, 7) is 14.6. The van der Waals surface area contributed by atoms with Crippen molar-refractivity contribution in [1.29, 1.82) is 0 Å². The quantitative estimate of drug-likeness (QED) is 0.188. The molecule has 0 spiro atoms. The number of aliphatic imine (C=N–C) groups is 1. The number of nitrogens with one attached hydrogen (secondary N) is 2. The molecule has 1 amide bonds. The van der Waals surface area contributed by atoms with Gasteiger partial charge in [-0.1, -0.05) is 26.7 Å². The highest BCUT2D eigenvalue weighted by atomic mass is 127. The summed E-state index contributed by atoms with van der Waals surface area (Å²) in [5, 5.41) is 6.82. The van der Waals surface area contributed by atoms with E-state index in [9.17, 15) is 4.79 Å². The number of guanidine groups is 1. The molecule has 0 aliphatic carbocycles. The number of likely N-dealkylation sites (tertiary alicyclic amines) is 1. The number of hydrogen-bond donors (Lipinski definition) is 2. The molecule has 2 fully saturated rings. The minimum absolute atomic E-state index is 0. The summed E-state index contributed by atoms with van der Waals surface area (Å²) in [6, 6.07) is 0.469. The molecule has 0 aromatic carbocycles. The van der Waals surface area contributed by atoms with Gasteiger partial charge in [-0.2, -0.15) is 0 Å². The number of ether oxygens (including phenoxy) is 1. The van der Waals surface area contributed by atoms with E-state index in [1.165, 1.54) is 12.8 Å². The van der Waals surface area contributed by atoms with Crippen molar-refractivity contribution in [2.24, 2.45) is 10.9 Å². The van der Waals surface area contributed by atoms with Crippen LogP contribution in [0.2, 0.25) is 0 Å². The molecular weight excluding hydrogens is 481 g/mol. The Morgan fingerprint density at radius 1 is 1.14 bits per heavy atom. The van der Waals surface area contributed by atoms with E-state index >= 15 is 0 Å². The minimum Gasteiger partial charge on any atom is -0.379 e. The SMILES string of the molecule is CCNC(=NCC(C(CC)CC)N1CCOCC1)NCCCN1CCCC1=O.I. The van der Waals surface area contributed by atoms with Gasteiger partial charge in [0.2, 0.25) is 5.91 Å². The van der Waals surface area contributed by atoms with Crippen molar-refractivity contribution in [2.45, 2.75) is 58.9 Å². The number of carbonyl (C=O) groups is 1. The molecule has 2 heterocycles. The third kappa shape index (κ3) is 8.96. The number of morpholine rings is 1. The Kier molecular flexibility index (Phi) is 13.9. The lowest BCUT2D eigenvalue weighted by molar-refractivity contribution is -0.127. The summed E-state index contributed by atoms with van der Waals surface area (Å²) >= 11 is 0. The van der Waals surface area contributed by atoms with Gasteiger partial charge in [0, 0.05) is 51.7 Å². The normalized spacial score (nSPS) is 19.4. The van der Waals surface area contributed by atoms with E-state index in [-0.39, 0.29) is 24.0 Å². The van der Waals surface area contributed by atoms with E-state index in [0.29, 0.717) is 17.9 Å². The lowest BCUT2D eigenvalue weighted by atomic mass is 9.92. The molecule has 2 aliphatic heterocycles. The molecule has 2 saturated heterocycles. The van der Waals surface area contributed by atoms with Crippen LogP contribution in [-0.4, -0.2) is 86.7 Å².